The lowest BCUT2D eigenvalue weighted by molar-refractivity contribution is 0.0767. The Morgan fingerprint density at radius 1 is 1.31 bits per heavy atom. The van der Waals surface area contributed by atoms with Crippen LogP contribution in [-0.4, -0.2) is 17.4 Å². The van der Waals surface area contributed by atoms with E-state index in [1.54, 1.807) is 26.0 Å². The highest BCUT2D eigenvalue weighted by Gasteiger charge is 2.34. The second kappa shape index (κ2) is 3.79. The molecular formula is C11H11ClN2O2. The maximum atomic E-state index is 11.0. The number of benzene rings is 1. The van der Waals surface area contributed by atoms with Gasteiger partial charge in [-0.05, 0) is 26.0 Å². The van der Waals surface area contributed by atoms with Crippen LogP contribution in [-0.2, 0) is 4.74 Å². The molecule has 0 aromatic heterocycles. The zero-order chi connectivity index (χ0) is 11.8. The molecule has 0 saturated heterocycles. The van der Waals surface area contributed by atoms with Crippen LogP contribution < -0.4 is 5.43 Å². The molecule has 1 aromatic rings. The zero-order valence-electron chi connectivity index (χ0n) is 8.95. The summed E-state index contributed by atoms with van der Waals surface area (Å²) in [7, 11) is 0. The highest BCUT2D eigenvalue weighted by atomic mass is 35.5. The molecule has 84 valence electrons. The van der Waals surface area contributed by atoms with Crippen molar-refractivity contribution in [2.24, 2.45) is 5.10 Å². The first-order valence-electron chi connectivity index (χ1n) is 4.82. The normalized spacial score (nSPS) is 18.4. The molecule has 1 N–H and O–H groups in total. The van der Waals surface area contributed by atoms with Gasteiger partial charge in [0, 0.05) is 10.6 Å². The Morgan fingerprint density at radius 3 is 2.50 bits per heavy atom. The maximum absolute atomic E-state index is 11.0. The number of ether oxygens (including phenoxy) is 1. The number of amides is 1. The molecule has 0 saturated carbocycles. The Labute approximate surface area is 98.2 Å². The summed E-state index contributed by atoms with van der Waals surface area (Å²) < 4.78 is 5.16. The largest absolute Gasteiger partial charge is 0.436 e. The molecule has 1 aliphatic heterocycles. The number of hydrogen-bond donors (Lipinski definition) is 1. The van der Waals surface area contributed by atoms with Crippen molar-refractivity contribution in [3.63, 3.8) is 0 Å². The van der Waals surface area contributed by atoms with Crippen LogP contribution in [0.1, 0.15) is 19.4 Å². The summed E-state index contributed by atoms with van der Waals surface area (Å²) in [5.41, 5.74) is 3.09. The van der Waals surface area contributed by atoms with Gasteiger partial charge >= 0.3 is 6.09 Å². The molecule has 2 rings (SSSR count). The van der Waals surface area contributed by atoms with E-state index in [1.165, 1.54) is 0 Å². The van der Waals surface area contributed by atoms with Crippen molar-refractivity contribution in [3.8, 4) is 0 Å². The molecule has 0 radical (unpaired) electrons. The molecule has 5 heteroatoms. The van der Waals surface area contributed by atoms with Crippen molar-refractivity contribution in [2.45, 2.75) is 19.4 Å². The standard InChI is InChI=1S/C11H11ClN2O2/c1-11(2)9(13-14-10(15)16-11)7-3-5-8(12)6-4-7/h3-6H,1-2H3,(H,14,15). The predicted octanol–water partition coefficient (Wildman–Crippen LogP) is 2.56. The minimum atomic E-state index is -0.740. The van der Waals surface area contributed by atoms with Gasteiger partial charge in [-0.25, -0.2) is 10.2 Å². The molecule has 0 spiro atoms. The smallest absolute Gasteiger partial charge is 0.428 e. The third-order valence-electron chi connectivity index (χ3n) is 2.29. The summed E-state index contributed by atoms with van der Waals surface area (Å²) in [6, 6.07) is 7.21. The molecule has 0 unspecified atom stereocenters. The first-order chi connectivity index (χ1) is 7.49. The lowest BCUT2D eigenvalue weighted by Gasteiger charge is -2.30. The summed E-state index contributed by atoms with van der Waals surface area (Å²) in [6.07, 6.45) is -0.539. The van der Waals surface area contributed by atoms with Gasteiger partial charge in [-0.2, -0.15) is 5.10 Å². The van der Waals surface area contributed by atoms with Gasteiger partial charge in [0.15, 0.2) is 5.60 Å². The number of hydrogen-bond acceptors (Lipinski definition) is 3. The molecule has 1 amide bonds. The van der Waals surface area contributed by atoms with Crippen molar-refractivity contribution in [1.82, 2.24) is 5.43 Å². The van der Waals surface area contributed by atoms with Crippen molar-refractivity contribution in [2.75, 3.05) is 0 Å². The Balaban J connectivity index is 2.40. The number of hydrazone groups is 1. The molecule has 1 aliphatic rings. The fraction of sp³-hybridized carbons (Fsp3) is 0.273. The maximum Gasteiger partial charge on any atom is 0.428 e. The van der Waals surface area contributed by atoms with E-state index < -0.39 is 11.7 Å². The van der Waals surface area contributed by atoms with E-state index in [0.717, 1.165) is 5.56 Å². The average molecular weight is 239 g/mol. The van der Waals surface area contributed by atoms with Crippen molar-refractivity contribution in [3.05, 3.63) is 34.9 Å². The fourth-order valence-corrected chi connectivity index (χ4v) is 1.68. The van der Waals surface area contributed by atoms with Crippen LogP contribution in [0, 0.1) is 0 Å². The lowest BCUT2D eigenvalue weighted by atomic mass is 9.95. The summed E-state index contributed by atoms with van der Waals surface area (Å²) >= 11 is 5.80. The van der Waals surface area contributed by atoms with E-state index in [-0.39, 0.29) is 0 Å². The van der Waals surface area contributed by atoms with Gasteiger partial charge in [-0.3, -0.25) is 0 Å². The first-order valence-corrected chi connectivity index (χ1v) is 5.20. The second-order valence-corrected chi connectivity index (χ2v) is 4.42. The quantitative estimate of drug-likeness (QED) is 0.818. The monoisotopic (exact) mass is 238 g/mol. The molecule has 4 nitrogen and oxygen atoms in total. The Morgan fingerprint density at radius 2 is 1.94 bits per heavy atom. The van der Waals surface area contributed by atoms with Crippen molar-refractivity contribution < 1.29 is 9.53 Å². The second-order valence-electron chi connectivity index (χ2n) is 3.98. The first kappa shape index (κ1) is 11.0. The summed E-state index contributed by atoms with van der Waals surface area (Å²) in [6.45, 7) is 3.58. The van der Waals surface area contributed by atoms with Gasteiger partial charge in [-0.1, -0.05) is 23.7 Å². The molecule has 0 fully saturated rings. The Hall–Kier alpha value is -1.55. The number of carbonyl (C=O) groups excluding carboxylic acids is 1. The van der Waals surface area contributed by atoms with E-state index in [2.05, 4.69) is 10.5 Å². The highest BCUT2D eigenvalue weighted by Crippen LogP contribution is 2.22. The molecule has 0 bridgehead atoms. The molecular weight excluding hydrogens is 228 g/mol. The van der Waals surface area contributed by atoms with Crippen LogP contribution >= 0.6 is 11.6 Å². The van der Waals surface area contributed by atoms with Crippen LogP contribution in [0.3, 0.4) is 0 Å². The van der Waals surface area contributed by atoms with E-state index >= 15 is 0 Å². The highest BCUT2D eigenvalue weighted by molar-refractivity contribution is 6.30. The van der Waals surface area contributed by atoms with E-state index in [4.69, 9.17) is 16.3 Å². The van der Waals surface area contributed by atoms with E-state index in [9.17, 15) is 4.79 Å². The minimum Gasteiger partial charge on any atom is -0.436 e. The summed E-state index contributed by atoms with van der Waals surface area (Å²) in [4.78, 5) is 11.0. The average Bonchev–Trinajstić information content (AvgIpc) is 2.18. The van der Waals surface area contributed by atoms with Crippen molar-refractivity contribution >= 4 is 23.4 Å². The topological polar surface area (TPSA) is 50.7 Å². The summed E-state index contributed by atoms with van der Waals surface area (Å²) in [5.74, 6) is 0. The van der Waals surface area contributed by atoms with Gasteiger partial charge < -0.3 is 4.74 Å². The van der Waals surface area contributed by atoms with Crippen molar-refractivity contribution in [1.29, 1.82) is 0 Å². The fourth-order valence-electron chi connectivity index (χ4n) is 1.56. The number of rotatable bonds is 1. The van der Waals surface area contributed by atoms with Crippen LogP contribution in [0.15, 0.2) is 29.4 Å². The lowest BCUT2D eigenvalue weighted by Crippen LogP contribution is -2.46. The van der Waals surface area contributed by atoms with Gasteiger partial charge in [0.05, 0.1) is 0 Å². The number of halogens is 1. The molecule has 16 heavy (non-hydrogen) atoms. The van der Waals surface area contributed by atoms with Gasteiger partial charge in [0.1, 0.15) is 5.71 Å². The third kappa shape index (κ3) is 2.02. The van der Waals surface area contributed by atoms with Gasteiger partial charge in [0.2, 0.25) is 0 Å². The summed E-state index contributed by atoms with van der Waals surface area (Å²) in [5, 5.41) is 4.67. The van der Waals surface area contributed by atoms with E-state index in [0.29, 0.717) is 10.7 Å². The molecule has 0 atom stereocenters. The Kier molecular flexibility index (Phi) is 2.59. The predicted molar refractivity (Wildman–Crippen MR) is 61.7 cm³/mol. The number of nitrogens with one attached hydrogen (secondary N) is 1. The van der Waals surface area contributed by atoms with Gasteiger partial charge in [-0.15, -0.1) is 0 Å². The molecule has 1 heterocycles. The van der Waals surface area contributed by atoms with Crippen LogP contribution in [0.25, 0.3) is 0 Å². The number of cyclic esters (lactones) is 1. The number of carbonyl (C=O) groups is 1. The van der Waals surface area contributed by atoms with Crippen LogP contribution in [0.5, 0.6) is 0 Å². The van der Waals surface area contributed by atoms with Crippen LogP contribution in [0.2, 0.25) is 5.02 Å². The molecule has 0 aliphatic carbocycles. The third-order valence-corrected chi connectivity index (χ3v) is 2.55. The SMILES string of the molecule is CC1(C)OC(=O)NN=C1c1ccc(Cl)cc1. The zero-order valence-corrected chi connectivity index (χ0v) is 9.71. The van der Waals surface area contributed by atoms with E-state index in [1.807, 2.05) is 12.1 Å². The minimum absolute atomic E-state index is 0.539. The molecule has 1 aromatic carbocycles. The van der Waals surface area contributed by atoms with Gasteiger partial charge in [0.25, 0.3) is 0 Å². The number of nitrogens with zero attached hydrogens (tertiary/aromatic N) is 1. The Bertz CT molecular complexity index is 452. The van der Waals surface area contributed by atoms with Crippen LogP contribution in [0.4, 0.5) is 4.79 Å².